The van der Waals surface area contributed by atoms with Gasteiger partial charge in [0.15, 0.2) is 5.78 Å². The monoisotopic (exact) mass is 315 g/mol. The van der Waals surface area contributed by atoms with E-state index in [1.165, 1.54) is 36.4 Å². The van der Waals surface area contributed by atoms with E-state index in [2.05, 4.69) is 17.9 Å². The molecule has 0 spiro atoms. The van der Waals surface area contributed by atoms with Crippen molar-refractivity contribution in [2.75, 3.05) is 12.3 Å². The summed E-state index contributed by atoms with van der Waals surface area (Å²) in [7, 11) is 0. The first-order valence-electron chi connectivity index (χ1n) is 6.45. The number of rotatable bonds is 3. The van der Waals surface area contributed by atoms with E-state index in [1.807, 2.05) is 0 Å². The lowest BCUT2D eigenvalue weighted by molar-refractivity contribution is -0.454. The van der Waals surface area contributed by atoms with Crippen LogP contribution in [0.1, 0.15) is 36.0 Å². The fourth-order valence-corrected chi connectivity index (χ4v) is 2.86. The Morgan fingerprint density at radius 1 is 1.25 bits per heavy atom. The second-order valence-electron chi connectivity index (χ2n) is 4.38. The molecule has 0 aromatic heterocycles. The number of hydrogen-bond donors (Lipinski definition) is 2. The Labute approximate surface area is 128 Å². The van der Waals surface area contributed by atoms with Crippen LogP contribution in [-0.4, -0.2) is 27.7 Å². The zero-order valence-electron chi connectivity index (χ0n) is 11.1. The topological polar surface area (TPSA) is 51.3 Å². The molecule has 2 N–H and O–H groups in total. The highest BCUT2D eigenvalue weighted by atomic mass is 32.2. The molecule has 1 aromatic rings. The van der Waals surface area contributed by atoms with Gasteiger partial charge in [0, 0.05) is 18.4 Å². The average molecular weight is 315 g/mol. The molecule has 0 saturated heterocycles. The van der Waals surface area contributed by atoms with Crippen molar-refractivity contribution in [2.24, 2.45) is 0 Å². The first-order chi connectivity index (χ1) is 9.75. The molecule has 0 atom stereocenters. The van der Waals surface area contributed by atoms with Gasteiger partial charge in [-0.25, -0.2) is 9.38 Å². The summed E-state index contributed by atoms with van der Waals surface area (Å²) in [4.78, 5) is 15.3. The fourth-order valence-electron chi connectivity index (χ4n) is 1.90. The summed E-state index contributed by atoms with van der Waals surface area (Å²) in [6.45, 7) is 1.01. The third-order valence-electron chi connectivity index (χ3n) is 2.95. The summed E-state index contributed by atoms with van der Waals surface area (Å²) >= 11 is 4.66. The standard InChI is InChI=1S/C14H16FNOS.H2OS/c15-12-7-5-11(6-8-12)13(17)10-18-14-4-2-1-3-9-16-14;1-2/h5-8H,1-4,9-10H2;1-2H. The number of carbonyl (C=O) groups excluding carboxylic acids is 1. The SMILES string of the molecule is O=C(CSC1=[NH+]CCCCC1)c1ccc(F)cc1.O[S-]. The van der Waals surface area contributed by atoms with Crippen molar-refractivity contribution in [3.05, 3.63) is 35.6 Å². The van der Waals surface area contributed by atoms with Crippen LogP contribution in [0, 0.1) is 5.82 Å². The van der Waals surface area contributed by atoms with Gasteiger partial charge in [-0.1, -0.05) is 11.8 Å². The summed E-state index contributed by atoms with van der Waals surface area (Å²) in [6, 6.07) is 5.75. The lowest BCUT2D eigenvalue weighted by Gasteiger charge is -2.00. The molecule has 0 radical (unpaired) electrons. The molecule has 110 valence electrons. The van der Waals surface area contributed by atoms with Gasteiger partial charge in [0.05, 0.1) is 5.75 Å². The van der Waals surface area contributed by atoms with Gasteiger partial charge in [-0.3, -0.25) is 4.79 Å². The number of benzene rings is 1. The molecule has 0 unspecified atom stereocenters. The highest BCUT2D eigenvalue weighted by Crippen LogP contribution is 2.13. The molecule has 0 aliphatic carbocycles. The van der Waals surface area contributed by atoms with E-state index in [1.54, 1.807) is 23.9 Å². The van der Waals surface area contributed by atoms with Crippen molar-refractivity contribution in [3.63, 3.8) is 0 Å². The molecule has 3 nitrogen and oxygen atoms in total. The maximum Gasteiger partial charge on any atom is 0.209 e. The van der Waals surface area contributed by atoms with Gasteiger partial charge in [0.25, 0.3) is 0 Å². The maximum absolute atomic E-state index is 12.7. The summed E-state index contributed by atoms with van der Waals surface area (Å²) in [5.41, 5.74) is 0.582. The van der Waals surface area contributed by atoms with Crippen LogP contribution in [-0.2, 0) is 12.9 Å². The molecular weight excluding hydrogens is 297 g/mol. The normalized spacial score (nSPS) is 14.7. The van der Waals surface area contributed by atoms with Crippen LogP contribution in [0.3, 0.4) is 0 Å². The van der Waals surface area contributed by atoms with Gasteiger partial charge in [0.2, 0.25) is 5.04 Å². The predicted molar refractivity (Wildman–Crippen MR) is 82.5 cm³/mol. The molecule has 1 aliphatic rings. The lowest BCUT2D eigenvalue weighted by atomic mass is 10.1. The van der Waals surface area contributed by atoms with E-state index in [9.17, 15) is 9.18 Å². The molecule has 1 aliphatic heterocycles. The van der Waals surface area contributed by atoms with Gasteiger partial charge in [-0.2, -0.15) is 0 Å². The van der Waals surface area contributed by atoms with Crippen LogP contribution in [0.4, 0.5) is 4.39 Å². The zero-order chi connectivity index (χ0) is 14.8. The van der Waals surface area contributed by atoms with Gasteiger partial charge in [0.1, 0.15) is 12.4 Å². The maximum atomic E-state index is 12.7. The Kier molecular flexibility index (Phi) is 8.57. The molecule has 0 amide bonds. The number of nitrogens with one attached hydrogen (secondary N) is 1. The second-order valence-corrected chi connectivity index (χ2v) is 5.45. The Morgan fingerprint density at radius 2 is 1.95 bits per heavy atom. The van der Waals surface area contributed by atoms with Crippen molar-refractivity contribution in [3.8, 4) is 0 Å². The molecular formula is C14H18FNO2S2. The van der Waals surface area contributed by atoms with E-state index in [0.717, 1.165) is 13.0 Å². The van der Waals surface area contributed by atoms with Gasteiger partial charge < -0.3 is 17.5 Å². The third-order valence-corrected chi connectivity index (χ3v) is 4.05. The van der Waals surface area contributed by atoms with Crippen LogP contribution in [0.25, 0.3) is 0 Å². The highest BCUT2D eigenvalue weighted by molar-refractivity contribution is 8.14. The zero-order valence-corrected chi connectivity index (χ0v) is 12.7. The number of carbonyl (C=O) groups is 1. The number of Topliss-reactive ketones (excluding diaryl/α,β-unsaturated/α-hetero) is 1. The molecule has 0 bridgehead atoms. The van der Waals surface area contributed by atoms with Crippen molar-refractivity contribution in [1.29, 1.82) is 0 Å². The van der Waals surface area contributed by atoms with Gasteiger partial charge in [-0.15, -0.1) is 0 Å². The quantitative estimate of drug-likeness (QED) is 0.660. The first kappa shape index (κ1) is 17.2. The minimum Gasteiger partial charge on any atom is -0.628 e. The molecule has 0 fully saturated rings. The van der Waals surface area contributed by atoms with E-state index in [-0.39, 0.29) is 11.6 Å². The Morgan fingerprint density at radius 3 is 2.65 bits per heavy atom. The number of thioether (sulfide) groups is 1. The molecule has 6 heteroatoms. The minimum absolute atomic E-state index is 0.0542. The van der Waals surface area contributed by atoms with Crippen LogP contribution in [0.5, 0.6) is 0 Å². The first-order valence-corrected chi connectivity index (χ1v) is 7.80. The second kappa shape index (κ2) is 9.96. The van der Waals surface area contributed by atoms with E-state index < -0.39 is 0 Å². The van der Waals surface area contributed by atoms with Crippen LogP contribution >= 0.6 is 11.8 Å². The number of ketones is 1. The number of hydrogen-bond acceptors (Lipinski definition) is 4. The molecule has 1 aromatic carbocycles. The highest BCUT2D eigenvalue weighted by Gasteiger charge is 2.14. The molecule has 1 heterocycles. The molecule has 0 saturated carbocycles. The van der Waals surface area contributed by atoms with E-state index in [0.29, 0.717) is 11.3 Å². The average Bonchev–Trinajstić information content (AvgIpc) is 2.76. The third kappa shape index (κ3) is 6.07. The van der Waals surface area contributed by atoms with Crippen LogP contribution in [0.15, 0.2) is 24.3 Å². The summed E-state index contributed by atoms with van der Waals surface area (Å²) in [5, 5.41) is 1.21. The summed E-state index contributed by atoms with van der Waals surface area (Å²) in [5.74, 6) is 0.172. The summed E-state index contributed by atoms with van der Waals surface area (Å²) < 4.78 is 19.3. The van der Waals surface area contributed by atoms with Crippen LogP contribution in [0.2, 0.25) is 0 Å². The fraction of sp³-hybridized carbons (Fsp3) is 0.429. The van der Waals surface area contributed by atoms with Crippen molar-refractivity contribution in [2.45, 2.75) is 25.7 Å². The predicted octanol–water partition coefficient (Wildman–Crippen LogP) is 1.80. The largest absolute Gasteiger partial charge is 0.628 e. The summed E-state index contributed by atoms with van der Waals surface area (Å²) in [6.07, 6.45) is 4.69. The van der Waals surface area contributed by atoms with Crippen molar-refractivity contribution < 1.29 is 18.7 Å². The van der Waals surface area contributed by atoms with Crippen molar-refractivity contribution >= 4 is 35.5 Å². The van der Waals surface area contributed by atoms with Gasteiger partial charge >= 0.3 is 0 Å². The minimum atomic E-state index is -0.306. The Hall–Kier alpha value is -0.850. The number of halogens is 1. The van der Waals surface area contributed by atoms with E-state index in [4.69, 9.17) is 4.55 Å². The van der Waals surface area contributed by atoms with Crippen LogP contribution < -0.4 is 4.99 Å². The molecule has 20 heavy (non-hydrogen) atoms. The Balaban J connectivity index is 0.000000956. The lowest BCUT2D eigenvalue weighted by Crippen LogP contribution is -2.71. The Bertz CT molecular complexity index is 449. The van der Waals surface area contributed by atoms with E-state index >= 15 is 0 Å². The smallest absolute Gasteiger partial charge is 0.209 e. The molecule has 2 rings (SSSR count). The van der Waals surface area contributed by atoms with Crippen molar-refractivity contribution in [1.82, 2.24) is 0 Å². The van der Waals surface area contributed by atoms with Gasteiger partial charge in [-0.05, 0) is 37.1 Å².